The third kappa shape index (κ3) is 2.83. The van der Waals surface area contributed by atoms with E-state index in [0.717, 1.165) is 5.56 Å². The molecule has 92 valence electrons. The SMILES string of the molecule is NC(=O)c1ccnc(Oc2ccc(CO)cc2)c1. The number of pyridine rings is 1. The number of rotatable bonds is 4. The third-order valence-electron chi connectivity index (χ3n) is 2.35. The number of hydrogen-bond donors (Lipinski definition) is 2. The molecule has 0 bridgehead atoms. The molecule has 0 atom stereocenters. The second-order valence-electron chi connectivity index (χ2n) is 3.65. The maximum Gasteiger partial charge on any atom is 0.248 e. The first-order chi connectivity index (χ1) is 8.69. The van der Waals surface area contributed by atoms with E-state index in [1.165, 1.54) is 18.3 Å². The zero-order valence-corrected chi connectivity index (χ0v) is 9.54. The summed E-state index contributed by atoms with van der Waals surface area (Å²) in [6.45, 7) is -0.0182. The monoisotopic (exact) mass is 244 g/mol. The maximum absolute atomic E-state index is 11.0. The van der Waals surface area contributed by atoms with E-state index < -0.39 is 5.91 Å². The zero-order valence-electron chi connectivity index (χ0n) is 9.54. The predicted octanol–water partition coefficient (Wildman–Crippen LogP) is 1.47. The van der Waals surface area contributed by atoms with Crippen molar-refractivity contribution in [3.05, 3.63) is 53.7 Å². The molecule has 0 saturated heterocycles. The average Bonchev–Trinajstić information content (AvgIpc) is 2.40. The van der Waals surface area contributed by atoms with Gasteiger partial charge in [0.15, 0.2) is 0 Å². The Morgan fingerprint density at radius 2 is 2.00 bits per heavy atom. The molecule has 1 aromatic heterocycles. The van der Waals surface area contributed by atoms with E-state index in [0.29, 0.717) is 17.2 Å². The number of aliphatic hydroxyl groups excluding tert-OH is 1. The quantitative estimate of drug-likeness (QED) is 0.852. The van der Waals surface area contributed by atoms with Gasteiger partial charge in [-0.1, -0.05) is 12.1 Å². The number of nitrogens with zero attached hydrogens (tertiary/aromatic N) is 1. The Hall–Kier alpha value is -2.40. The molecule has 1 amide bonds. The van der Waals surface area contributed by atoms with Gasteiger partial charge in [0.05, 0.1) is 6.61 Å². The summed E-state index contributed by atoms with van der Waals surface area (Å²) in [5.74, 6) is 0.335. The van der Waals surface area contributed by atoms with Gasteiger partial charge in [0.25, 0.3) is 0 Å². The van der Waals surface area contributed by atoms with Gasteiger partial charge in [-0.15, -0.1) is 0 Å². The first-order valence-corrected chi connectivity index (χ1v) is 5.32. The topological polar surface area (TPSA) is 85.4 Å². The van der Waals surface area contributed by atoms with Crippen molar-refractivity contribution < 1.29 is 14.6 Å². The average molecular weight is 244 g/mol. The number of amides is 1. The maximum atomic E-state index is 11.0. The van der Waals surface area contributed by atoms with Crippen molar-refractivity contribution in [2.24, 2.45) is 5.73 Å². The van der Waals surface area contributed by atoms with Crippen molar-refractivity contribution in [3.63, 3.8) is 0 Å². The fourth-order valence-corrected chi connectivity index (χ4v) is 1.40. The molecule has 0 aliphatic rings. The van der Waals surface area contributed by atoms with Gasteiger partial charge in [0, 0.05) is 17.8 Å². The smallest absolute Gasteiger partial charge is 0.248 e. The number of aliphatic hydroxyl groups is 1. The Balaban J connectivity index is 2.17. The molecule has 0 fully saturated rings. The lowest BCUT2D eigenvalue weighted by atomic mass is 10.2. The van der Waals surface area contributed by atoms with Gasteiger partial charge in [-0.2, -0.15) is 0 Å². The Bertz CT molecular complexity index is 552. The summed E-state index contributed by atoms with van der Waals surface area (Å²) in [6.07, 6.45) is 1.46. The fraction of sp³-hybridized carbons (Fsp3) is 0.0769. The molecular weight excluding hydrogens is 232 g/mol. The van der Waals surface area contributed by atoms with Crippen LogP contribution in [0.25, 0.3) is 0 Å². The third-order valence-corrected chi connectivity index (χ3v) is 2.35. The normalized spacial score (nSPS) is 10.1. The second-order valence-corrected chi connectivity index (χ2v) is 3.65. The molecule has 2 rings (SSSR count). The Labute approximate surface area is 104 Å². The van der Waals surface area contributed by atoms with Gasteiger partial charge >= 0.3 is 0 Å². The molecule has 1 aromatic carbocycles. The minimum atomic E-state index is -0.530. The van der Waals surface area contributed by atoms with Gasteiger partial charge in [-0.05, 0) is 23.8 Å². The van der Waals surface area contributed by atoms with E-state index in [9.17, 15) is 4.79 Å². The summed E-state index contributed by atoms with van der Waals surface area (Å²) in [7, 11) is 0. The van der Waals surface area contributed by atoms with Gasteiger partial charge in [-0.3, -0.25) is 4.79 Å². The van der Waals surface area contributed by atoms with E-state index in [1.54, 1.807) is 24.3 Å². The van der Waals surface area contributed by atoms with Gasteiger partial charge in [0.1, 0.15) is 5.75 Å². The number of carbonyl (C=O) groups is 1. The van der Waals surface area contributed by atoms with Crippen molar-refractivity contribution in [2.45, 2.75) is 6.61 Å². The fourth-order valence-electron chi connectivity index (χ4n) is 1.40. The van der Waals surface area contributed by atoms with Crippen LogP contribution in [0.4, 0.5) is 0 Å². The number of ether oxygens (including phenoxy) is 1. The first-order valence-electron chi connectivity index (χ1n) is 5.32. The molecule has 0 aliphatic carbocycles. The minimum Gasteiger partial charge on any atom is -0.439 e. The van der Waals surface area contributed by atoms with Crippen molar-refractivity contribution in [1.82, 2.24) is 4.98 Å². The molecule has 1 heterocycles. The van der Waals surface area contributed by atoms with Crippen LogP contribution in [-0.4, -0.2) is 16.0 Å². The molecule has 0 saturated carbocycles. The van der Waals surface area contributed by atoms with Crippen LogP contribution >= 0.6 is 0 Å². The number of primary amides is 1. The molecule has 0 aliphatic heterocycles. The summed E-state index contributed by atoms with van der Waals surface area (Å²) in [5, 5.41) is 8.91. The highest BCUT2D eigenvalue weighted by molar-refractivity contribution is 5.92. The van der Waals surface area contributed by atoms with Gasteiger partial charge in [0.2, 0.25) is 11.8 Å². The molecule has 3 N–H and O–H groups in total. The lowest BCUT2D eigenvalue weighted by Crippen LogP contribution is -2.10. The van der Waals surface area contributed by atoms with Crippen LogP contribution in [0.3, 0.4) is 0 Å². The zero-order chi connectivity index (χ0) is 13.0. The van der Waals surface area contributed by atoms with Crippen LogP contribution in [0.1, 0.15) is 15.9 Å². The lowest BCUT2D eigenvalue weighted by molar-refractivity contribution is 0.1000. The van der Waals surface area contributed by atoms with E-state index in [4.69, 9.17) is 15.6 Å². The molecular formula is C13H12N2O3. The van der Waals surface area contributed by atoms with E-state index in [-0.39, 0.29) is 6.61 Å². The Morgan fingerprint density at radius 3 is 2.61 bits per heavy atom. The first kappa shape index (κ1) is 12.1. The number of aromatic nitrogens is 1. The summed E-state index contributed by atoms with van der Waals surface area (Å²) in [5.41, 5.74) is 6.30. The number of carbonyl (C=O) groups excluding carboxylic acids is 1. The largest absolute Gasteiger partial charge is 0.439 e. The highest BCUT2D eigenvalue weighted by Crippen LogP contribution is 2.20. The van der Waals surface area contributed by atoms with Crippen molar-refractivity contribution >= 4 is 5.91 Å². The van der Waals surface area contributed by atoms with Crippen LogP contribution < -0.4 is 10.5 Å². The molecule has 2 aromatic rings. The number of nitrogens with two attached hydrogens (primary N) is 1. The number of benzene rings is 1. The van der Waals surface area contributed by atoms with E-state index >= 15 is 0 Å². The van der Waals surface area contributed by atoms with Crippen LogP contribution in [0.5, 0.6) is 11.6 Å². The van der Waals surface area contributed by atoms with Crippen molar-refractivity contribution in [2.75, 3.05) is 0 Å². The van der Waals surface area contributed by atoms with Crippen LogP contribution in [0.15, 0.2) is 42.6 Å². The van der Waals surface area contributed by atoms with Crippen molar-refractivity contribution in [1.29, 1.82) is 0 Å². The highest BCUT2D eigenvalue weighted by Gasteiger charge is 2.04. The molecule has 0 radical (unpaired) electrons. The van der Waals surface area contributed by atoms with Gasteiger partial charge in [-0.25, -0.2) is 4.98 Å². The lowest BCUT2D eigenvalue weighted by Gasteiger charge is -2.05. The molecule has 5 heteroatoms. The van der Waals surface area contributed by atoms with Gasteiger partial charge < -0.3 is 15.6 Å². The highest BCUT2D eigenvalue weighted by atomic mass is 16.5. The van der Waals surface area contributed by atoms with E-state index in [2.05, 4.69) is 4.98 Å². The van der Waals surface area contributed by atoms with Crippen molar-refractivity contribution in [3.8, 4) is 11.6 Å². The van der Waals surface area contributed by atoms with E-state index in [1.807, 2.05) is 0 Å². The summed E-state index contributed by atoms with van der Waals surface area (Å²) < 4.78 is 5.47. The number of hydrogen-bond acceptors (Lipinski definition) is 4. The Morgan fingerprint density at radius 1 is 1.28 bits per heavy atom. The predicted molar refractivity (Wildman–Crippen MR) is 65.2 cm³/mol. The Kier molecular flexibility index (Phi) is 3.54. The molecule has 18 heavy (non-hydrogen) atoms. The second kappa shape index (κ2) is 5.29. The van der Waals surface area contributed by atoms with Crippen LogP contribution in [-0.2, 0) is 6.61 Å². The van der Waals surface area contributed by atoms with Crippen LogP contribution in [0.2, 0.25) is 0 Å². The summed E-state index contributed by atoms with van der Waals surface area (Å²) in [6, 6.07) is 9.90. The summed E-state index contributed by atoms with van der Waals surface area (Å²) >= 11 is 0. The summed E-state index contributed by atoms with van der Waals surface area (Å²) in [4.78, 5) is 15.0. The van der Waals surface area contributed by atoms with Crippen LogP contribution in [0, 0.1) is 0 Å². The molecule has 5 nitrogen and oxygen atoms in total. The standard InChI is InChI=1S/C13H12N2O3/c14-13(17)10-5-6-15-12(7-10)18-11-3-1-9(8-16)2-4-11/h1-7,16H,8H2,(H2,14,17). The minimum absolute atomic E-state index is 0.0182. The molecule has 0 spiro atoms. The molecule has 0 unspecified atom stereocenters.